The first-order valence-electron chi connectivity index (χ1n) is 14.5. The number of nitrogen functional groups attached to an aromatic ring is 2. The fourth-order valence-electron chi connectivity index (χ4n) is 5.59. The van der Waals surface area contributed by atoms with Crippen LogP contribution < -0.4 is 11.5 Å². The molecule has 2 amide bonds. The number of anilines is 2. The molecule has 0 unspecified atom stereocenters. The van der Waals surface area contributed by atoms with E-state index in [-0.39, 0.29) is 19.1 Å². The van der Waals surface area contributed by atoms with Crippen LogP contribution in [0.15, 0.2) is 109 Å². The van der Waals surface area contributed by atoms with Gasteiger partial charge in [0.2, 0.25) is 0 Å². The molecule has 45 heavy (non-hydrogen) atoms. The van der Waals surface area contributed by atoms with Crippen molar-refractivity contribution in [2.75, 3.05) is 17.7 Å². The van der Waals surface area contributed by atoms with Crippen molar-refractivity contribution in [1.29, 1.82) is 0 Å². The van der Waals surface area contributed by atoms with Gasteiger partial charge in [-0.15, -0.1) is 0 Å². The molecule has 11 heteroatoms. The highest BCUT2D eigenvalue weighted by Crippen LogP contribution is 2.30. The average Bonchev–Trinajstić information content (AvgIpc) is 3.05. The lowest BCUT2D eigenvalue weighted by Gasteiger charge is -2.36. The third-order valence-corrected chi connectivity index (χ3v) is 7.61. The Balaban J connectivity index is 0.000000854. The second-order valence-corrected chi connectivity index (χ2v) is 12.7. The van der Waals surface area contributed by atoms with E-state index in [1.165, 1.54) is 0 Å². The molecule has 1 saturated heterocycles. The normalized spacial score (nSPS) is 20.2. The second-order valence-electron chi connectivity index (χ2n) is 11.3. The molecule has 1 aliphatic rings. The van der Waals surface area contributed by atoms with Crippen LogP contribution in [0.5, 0.6) is 0 Å². The van der Waals surface area contributed by atoms with Gasteiger partial charge in [-0.1, -0.05) is 84.9 Å². The molecule has 1 aliphatic heterocycles. The summed E-state index contributed by atoms with van der Waals surface area (Å²) in [6.45, 7) is 0.466. The summed E-state index contributed by atoms with van der Waals surface area (Å²) in [6, 6.07) is 32.7. The van der Waals surface area contributed by atoms with Crippen molar-refractivity contribution < 1.29 is 28.0 Å². The molecular weight excluding hydrogens is 592 g/mol. The first-order chi connectivity index (χ1) is 21.4. The summed E-state index contributed by atoms with van der Waals surface area (Å²) in [5.74, 6) is 0. The molecule has 0 saturated carbocycles. The van der Waals surface area contributed by atoms with Crippen molar-refractivity contribution in [3.63, 3.8) is 0 Å². The van der Waals surface area contributed by atoms with Gasteiger partial charge in [-0.3, -0.25) is 4.55 Å². The first kappa shape index (κ1) is 33.5. The Bertz CT molecular complexity index is 1540. The van der Waals surface area contributed by atoms with E-state index in [4.69, 9.17) is 16.0 Å². The van der Waals surface area contributed by atoms with Crippen LogP contribution in [0.3, 0.4) is 0 Å². The van der Waals surface area contributed by atoms with Crippen molar-refractivity contribution in [2.24, 2.45) is 0 Å². The molecule has 1 heterocycles. The van der Waals surface area contributed by atoms with E-state index in [2.05, 4.69) is 0 Å². The van der Waals surface area contributed by atoms with Gasteiger partial charge in [0, 0.05) is 24.5 Å². The second kappa shape index (κ2) is 15.0. The highest BCUT2D eigenvalue weighted by atomic mass is 32.2. The van der Waals surface area contributed by atoms with Crippen molar-refractivity contribution in [3.8, 4) is 0 Å². The molecule has 10 nitrogen and oxygen atoms in total. The Kier molecular flexibility index (Phi) is 11.2. The highest BCUT2D eigenvalue weighted by molar-refractivity contribution is 7.85. The Morgan fingerprint density at radius 3 is 1.29 bits per heavy atom. The highest BCUT2D eigenvalue weighted by Gasteiger charge is 2.46. The van der Waals surface area contributed by atoms with Crippen molar-refractivity contribution in [2.45, 2.75) is 50.2 Å². The summed E-state index contributed by atoms with van der Waals surface area (Å²) >= 11 is 0. The van der Waals surface area contributed by atoms with Crippen LogP contribution in [-0.2, 0) is 36.0 Å². The summed E-state index contributed by atoms with van der Waals surface area (Å²) in [7, 11) is -3.67. The van der Waals surface area contributed by atoms with Crippen LogP contribution >= 0.6 is 0 Å². The maximum Gasteiger partial charge on any atom is 0.321 e. The van der Waals surface area contributed by atoms with E-state index in [9.17, 15) is 23.4 Å². The Morgan fingerprint density at radius 1 is 0.622 bits per heavy atom. The lowest BCUT2D eigenvalue weighted by Crippen LogP contribution is -2.50. The third kappa shape index (κ3) is 9.79. The quantitative estimate of drug-likeness (QED) is 0.145. The molecule has 4 aromatic carbocycles. The fraction of sp³-hybridized carbons (Fsp3) is 0.265. The maximum atomic E-state index is 14.6. The van der Waals surface area contributed by atoms with Crippen LogP contribution in [0.1, 0.15) is 22.3 Å². The zero-order valence-corrected chi connectivity index (χ0v) is 25.9. The molecule has 0 spiro atoms. The van der Waals surface area contributed by atoms with E-state index in [0.717, 1.165) is 22.3 Å². The summed E-state index contributed by atoms with van der Waals surface area (Å²) in [5.41, 5.74) is 17.0. The predicted molar refractivity (Wildman–Crippen MR) is 176 cm³/mol. The van der Waals surface area contributed by atoms with Crippen molar-refractivity contribution >= 4 is 27.5 Å². The summed E-state index contributed by atoms with van der Waals surface area (Å²) in [6.07, 6.45) is -0.892. The average molecular weight is 633 g/mol. The van der Waals surface area contributed by atoms with Crippen LogP contribution in [0.4, 0.5) is 16.2 Å². The summed E-state index contributed by atoms with van der Waals surface area (Å²) < 4.78 is 25.9. The number of carbonyl (C=O) groups excluding carboxylic acids is 1. The molecule has 1 fully saturated rings. The number of hydrogen-bond donors (Lipinski definition) is 5. The van der Waals surface area contributed by atoms with E-state index < -0.39 is 34.4 Å². The van der Waals surface area contributed by atoms with Crippen molar-refractivity contribution in [1.82, 2.24) is 9.80 Å². The minimum absolute atomic E-state index is 0.233. The van der Waals surface area contributed by atoms with Gasteiger partial charge < -0.3 is 31.5 Å². The van der Waals surface area contributed by atoms with Crippen LogP contribution in [0.25, 0.3) is 0 Å². The molecule has 4 aromatic rings. The summed E-state index contributed by atoms with van der Waals surface area (Å²) in [5, 5.41) is 23.5. The molecule has 0 aliphatic carbocycles. The number of aliphatic hydroxyl groups excluding tert-OH is 2. The summed E-state index contributed by atoms with van der Waals surface area (Å²) in [4.78, 5) is 18.0. The van der Waals surface area contributed by atoms with Crippen LogP contribution in [0, 0.1) is 0 Å². The molecule has 4 atom stereocenters. The smallest absolute Gasteiger partial charge is 0.321 e. The zero-order chi connectivity index (χ0) is 32.6. The Labute approximate surface area is 264 Å². The largest absolute Gasteiger partial charge is 0.399 e. The molecule has 0 bridgehead atoms. The SMILES string of the molecule is CS(=O)(=O)O.Nc1cccc(CN2C(=O)N(Cc3cccc(N)c3)[C@H](Cc3ccccc3)[C@H](O)[C@@H](O)[C@H]2Cc2ccccc2)c1. The monoisotopic (exact) mass is 632 g/mol. The lowest BCUT2D eigenvalue weighted by atomic mass is 9.91. The van der Waals surface area contributed by atoms with E-state index in [0.29, 0.717) is 30.5 Å². The standard InChI is InChI=1S/C33H36N4O3.CH4O3S/c34-27-15-7-13-25(17-27)21-36-29(19-23-9-3-1-4-10-23)31(38)32(39)30(20-24-11-5-2-6-12-24)37(33(36)40)22-26-14-8-16-28(35)18-26;1-5(2,3)4/h1-18,29-32,38-39H,19-22,34-35H2;1H3,(H,2,3,4)/t29-,30-,31+,32+;/m1./s1. The lowest BCUT2D eigenvalue weighted by molar-refractivity contribution is -0.0408. The van der Waals surface area contributed by atoms with E-state index in [1.54, 1.807) is 21.9 Å². The minimum Gasteiger partial charge on any atom is -0.399 e. The number of amides is 2. The van der Waals surface area contributed by atoms with Gasteiger partial charge in [0.15, 0.2) is 0 Å². The van der Waals surface area contributed by atoms with E-state index in [1.807, 2.05) is 97.1 Å². The molecule has 5 rings (SSSR count). The van der Waals surface area contributed by atoms with Gasteiger partial charge in [0.25, 0.3) is 10.1 Å². The van der Waals surface area contributed by atoms with Crippen LogP contribution in [-0.4, -0.2) is 69.6 Å². The van der Waals surface area contributed by atoms with E-state index >= 15 is 0 Å². The Morgan fingerprint density at radius 2 is 0.956 bits per heavy atom. The van der Waals surface area contributed by atoms with Gasteiger partial charge in [-0.05, 0) is 59.4 Å². The predicted octanol–water partition coefficient (Wildman–Crippen LogP) is 3.74. The fourth-order valence-corrected chi connectivity index (χ4v) is 5.59. The van der Waals surface area contributed by atoms with Gasteiger partial charge in [0.05, 0.1) is 18.3 Å². The van der Waals surface area contributed by atoms with Gasteiger partial charge in [-0.2, -0.15) is 8.42 Å². The number of urea groups is 1. The van der Waals surface area contributed by atoms with Crippen molar-refractivity contribution in [3.05, 3.63) is 131 Å². The molecule has 0 aromatic heterocycles. The number of benzene rings is 4. The molecule has 7 N–H and O–H groups in total. The molecular formula is C34H40N4O6S. The maximum absolute atomic E-state index is 14.6. The number of hydrogen-bond acceptors (Lipinski definition) is 7. The number of nitrogens with two attached hydrogens (primary N) is 2. The molecule has 0 radical (unpaired) electrons. The Hall–Kier alpha value is -4.42. The number of rotatable bonds is 8. The number of nitrogens with zero attached hydrogens (tertiary/aromatic N) is 2. The number of carbonyl (C=O) groups is 1. The third-order valence-electron chi connectivity index (χ3n) is 7.61. The topological polar surface area (TPSA) is 170 Å². The minimum atomic E-state index is -3.67. The van der Waals surface area contributed by atoms with Gasteiger partial charge in [0.1, 0.15) is 12.2 Å². The molecule has 238 valence electrons. The number of aliphatic hydroxyl groups is 2. The zero-order valence-electron chi connectivity index (χ0n) is 25.1. The van der Waals surface area contributed by atoms with Gasteiger partial charge in [-0.25, -0.2) is 4.79 Å². The first-order valence-corrected chi connectivity index (χ1v) is 16.4. The van der Waals surface area contributed by atoms with Gasteiger partial charge >= 0.3 is 6.03 Å². The van der Waals surface area contributed by atoms with Crippen LogP contribution in [0.2, 0.25) is 0 Å².